The van der Waals surface area contributed by atoms with E-state index in [0.29, 0.717) is 24.3 Å². The summed E-state index contributed by atoms with van der Waals surface area (Å²) < 4.78 is 46.7. The smallest absolute Gasteiger partial charge is 0.337 e. The number of methoxy groups -OCH3 is 1. The topological polar surface area (TPSA) is 102 Å². The monoisotopic (exact) mass is 585 g/mol. The lowest BCUT2D eigenvalue weighted by Crippen LogP contribution is -2.41. The van der Waals surface area contributed by atoms with Gasteiger partial charge in [-0.15, -0.1) is 0 Å². The van der Waals surface area contributed by atoms with E-state index in [1.54, 1.807) is 48.5 Å². The van der Waals surface area contributed by atoms with E-state index >= 15 is 0 Å². The molecule has 40 heavy (non-hydrogen) atoms. The highest BCUT2D eigenvalue weighted by molar-refractivity contribution is 7.92. The molecular formula is C30H39NO7SSi. The van der Waals surface area contributed by atoms with Crippen molar-refractivity contribution in [2.75, 3.05) is 24.6 Å². The van der Waals surface area contributed by atoms with Crippen LogP contribution in [0.2, 0.25) is 18.1 Å². The van der Waals surface area contributed by atoms with Gasteiger partial charge < -0.3 is 19.0 Å². The van der Waals surface area contributed by atoms with Crippen LogP contribution < -0.4 is 13.8 Å². The Kier molecular flexibility index (Phi) is 10.0. The summed E-state index contributed by atoms with van der Waals surface area (Å²) in [5.41, 5.74) is 0.483. The molecule has 3 aromatic rings. The van der Waals surface area contributed by atoms with E-state index in [1.807, 2.05) is 6.07 Å². The van der Waals surface area contributed by atoms with E-state index in [2.05, 4.69) is 33.9 Å². The number of hydrogen-bond acceptors (Lipinski definition) is 6. The highest BCUT2D eigenvalue weighted by Gasteiger charge is 2.37. The Labute approximate surface area is 238 Å². The molecule has 1 N–H and O–H groups in total. The molecule has 0 spiro atoms. The number of nitrogens with zero attached hydrogens (tertiary/aromatic N) is 1. The average Bonchev–Trinajstić information content (AvgIpc) is 2.91. The molecule has 0 amide bonds. The van der Waals surface area contributed by atoms with Gasteiger partial charge >= 0.3 is 5.97 Å². The number of aromatic carboxylic acids is 1. The number of carbonyl (C=O) groups is 1. The van der Waals surface area contributed by atoms with Crippen molar-refractivity contribution in [3.8, 4) is 11.5 Å². The molecule has 0 aliphatic heterocycles. The number of anilines is 1. The van der Waals surface area contributed by atoms with Crippen molar-refractivity contribution < 1.29 is 32.2 Å². The molecule has 0 fully saturated rings. The third-order valence-corrected chi connectivity index (χ3v) is 13.4. The SMILES string of the molecule is COc1ccc(S(=O)(=O)N(Cc2ccccc2)c2c(OCCCO[Si](C)(C)C(C)(C)C)cccc2C(=O)O)cc1. The minimum absolute atomic E-state index is 0.00172. The normalized spacial score (nSPS) is 12.2. The van der Waals surface area contributed by atoms with Gasteiger partial charge in [-0.1, -0.05) is 57.2 Å². The first-order chi connectivity index (χ1) is 18.8. The van der Waals surface area contributed by atoms with E-state index in [0.717, 1.165) is 4.31 Å². The van der Waals surface area contributed by atoms with Crippen molar-refractivity contribution in [2.24, 2.45) is 0 Å². The van der Waals surface area contributed by atoms with Crippen LogP contribution in [0.4, 0.5) is 5.69 Å². The third kappa shape index (κ3) is 7.44. The van der Waals surface area contributed by atoms with Gasteiger partial charge in [-0.3, -0.25) is 4.31 Å². The van der Waals surface area contributed by atoms with Crippen LogP contribution >= 0.6 is 0 Å². The van der Waals surface area contributed by atoms with Gasteiger partial charge in [0.05, 0.1) is 30.7 Å². The molecule has 0 aliphatic rings. The van der Waals surface area contributed by atoms with Crippen molar-refractivity contribution in [2.45, 2.75) is 56.8 Å². The fraction of sp³-hybridized carbons (Fsp3) is 0.367. The van der Waals surface area contributed by atoms with Crippen molar-refractivity contribution >= 4 is 30.0 Å². The van der Waals surface area contributed by atoms with Gasteiger partial charge in [-0.2, -0.15) is 0 Å². The van der Waals surface area contributed by atoms with Gasteiger partial charge in [-0.25, -0.2) is 13.2 Å². The number of benzene rings is 3. The second kappa shape index (κ2) is 12.9. The number of para-hydroxylation sites is 1. The summed E-state index contributed by atoms with van der Waals surface area (Å²) in [6, 6.07) is 19.5. The van der Waals surface area contributed by atoms with Crippen molar-refractivity contribution in [3.05, 3.63) is 83.9 Å². The minimum Gasteiger partial charge on any atom is -0.497 e. The molecule has 3 aromatic carbocycles. The molecular weight excluding hydrogens is 546 g/mol. The van der Waals surface area contributed by atoms with E-state index < -0.39 is 24.3 Å². The van der Waals surface area contributed by atoms with E-state index in [-0.39, 0.29) is 40.1 Å². The molecule has 8 nitrogen and oxygen atoms in total. The second-order valence-corrected chi connectivity index (χ2v) is 17.6. The molecule has 0 aromatic heterocycles. The van der Waals surface area contributed by atoms with Gasteiger partial charge in [0.25, 0.3) is 10.0 Å². The van der Waals surface area contributed by atoms with Crippen LogP contribution in [-0.2, 0) is 21.0 Å². The lowest BCUT2D eigenvalue weighted by atomic mass is 10.1. The molecule has 0 saturated heterocycles. The zero-order valence-corrected chi connectivity index (χ0v) is 25.8. The molecule has 0 aliphatic carbocycles. The number of rotatable bonds is 13. The van der Waals surface area contributed by atoms with Crippen LogP contribution in [0.3, 0.4) is 0 Å². The lowest BCUT2D eigenvalue weighted by Gasteiger charge is -2.36. The molecule has 0 radical (unpaired) electrons. The van der Waals surface area contributed by atoms with Crippen molar-refractivity contribution in [3.63, 3.8) is 0 Å². The number of carboxylic acids is 1. The van der Waals surface area contributed by atoms with Gasteiger partial charge in [0.1, 0.15) is 17.2 Å². The Morgan fingerprint density at radius 2 is 1.57 bits per heavy atom. The quantitative estimate of drug-likeness (QED) is 0.179. The summed E-state index contributed by atoms with van der Waals surface area (Å²) in [6.07, 6.45) is 0.563. The fourth-order valence-electron chi connectivity index (χ4n) is 3.76. The summed E-state index contributed by atoms with van der Waals surface area (Å²) in [4.78, 5) is 12.3. The second-order valence-electron chi connectivity index (χ2n) is 10.9. The predicted octanol–water partition coefficient (Wildman–Crippen LogP) is 6.58. The summed E-state index contributed by atoms with van der Waals surface area (Å²) in [5.74, 6) is -0.589. The first-order valence-corrected chi connectivity index (χ1v) is 17.5. The molecule has 10 heteroatoms. The largest absolute Gasteiger partial charge is 0.497 e. The standard InChI is InChI=1S/C30H39NO7SSi/c1-30(2,3)40(5,6)38-21-11-20-37-27-15-10-14-26(29(32)33)28(27)31(22-23-12-8-7-9-13-23)39(34,35)25-18-16-24(36-4)17-19-25/h7-10,12-19H,11,20-22H2,1-6H3,(H,32,33). The van der Waals surface area contributed by atoms with Gasteiger partial charge in [0.15, 0.2) is 8.32 Å². The van der Waals surface area contributed by atoms with E-state index in [1.165, 1.54) is 25.3 Å². The first kappa shape index (κ1) is 31.2. The van der Waals surface area contributed by atoms with Gasteiger partial charge in [-0.05, 0) is 60.1 Å². The van der Waals surface area contributed by atoms with Crippen molar-refractivity contribution in [1.82, 2.24) is 0 Å². The van der Waals surface area contributed by atoms with Crippen LogP contribution in [0.1, 0.15) is 43.1 Å². The number of hydrogen-bond donors (Lipinski definition) is 1. The number of ether oxygens (including phenoxy) is 2. The Morgan fingerprint density at radius 3 is 2.15 bits per heavy atom. The van der Waals surface area contributed by atoms with Gasteiger partial charge in [0.2, 0.25) is 0 Å². The summed E-state index contributed by atoms with van der Waals surface area (Å²) in [7, 11) is -4.65. The average molecular weight is 586 g/mol. The Bertz CT molecular complexity index is 1390. The fourth-order valence-corrected chi connectivity index (χ4v) is 6.33. The van der Waals surface area contributed by atoms with Crippen LogP contribution in [-0.4, -0.2) is 48.1 Å². The van der Waals surface area contributed by atoms with E-state index in [4.69, 9.17) is 13.9 Å². The Balaban J connectivity index is 2.00. The number of carboxylic acid groups (broad SMARTS) is 1. The zero-order valence-electron chi connectivity index (χ0n) is 24.0. The van der Waals surface area contributed by atoms with E-state index in [9.17, 15) is 18.3 Å². The molecule has 3 rings (SSSR count). The minimum atomic E-state index is -4.21. The molecule has 216 valence electrons. The lowest BCUT2D eigenvalue weighted by molar-refractivity contribution is 0.0697. The maximum atomic E-state index is 14.1. The molecule has 0 saturated carbocycles. The van der Waals surface area contributed by atoms with Crippen LogP contribution in [0.15, 0.2) is 77.7 Å². The molecule has 0 heterocycles. The summed E-state index contributed by atoms with van der Waals surface area (Å²) in [6.45, 7) is 11.5. The Morgan fingerprint density at radius 1 is 0.925 bits per heavy atom. The highest BCUT2D eigenvalue weighted by atomic mass is 32.2. The first-order valence-electron chi connectivity index (χ1n) is 13.1. The maximum absolute atomic E-state index is 14.1. The van der Waals surface area contributed by atoms with Crippen LogP contribution in [0.25, 0.3) is 0 Å². The maximum Gasteiger partial charge on any atom is 0.337 e. The molecule has 0 bridgehead atoms. The third-order valence-electron chi connectivity index (χ3n) is 7.11. The van der Waals surface area contributed by atoms with Gasteiger partial charge in [0, 0.05) is 13.0 Å². The van der Waals surface area contributed by atoms with Crippen molar-refractivity contribution in [1.29, 1.82) is 0 Å². The highest BCUT2D eigenvalue weighted by Crippen LogP contribution is 2.38. The summed E-state index contributed by atoms with van der Waals surface area (Å²) >= 11 is 0. The predicted molar refractivity (Wildman–Crippen MR) is 159 cm³/mol. The van der Waals surface area contributed by atoms with Crippen LogP contribution in [0.5, 0.6) is 11.5 Å². The number of sulfonamides is 1. The molecule has 0 unspecified atom stereocenters. The molecule has 0 atom stereocenters. The summed E-state index contributed by atoms with van der Waals surface area (Å²) in [5, 5.41) is 10.2. The van der Waals surface area contributed by atoms with Crippen LogP contribution in [0, 0.1) is 0 Å². The Hall–Kier alpha value is -3.34. The zero-order chi connectivity index (χ0) is 29.6.